The molecule has 1 saturated carbocycles. The van der Waals surface area contributed by atoms with Crippen molar-refractivity contribution < 1.29 is 17.7 Å². The number of aromatic nitrogens is 3. The first-order chi connectivity index (χ1) is 14.9. The lowest BCUT2D eigenvalue weighted by Crippen LogP contribution is -2.21. The molecule has 0 aliphatic heterocycles. The van der Waals surface area contributed by atoms with Crippen LogP contribution in [0.25, 0.3) is 0 Å². The number of hydrogen-bond donors (Lipinski definition) is 1. The van der Waals surface area contributed by atoms with Crippen molar-refractivity contribution in [2.45, 2.75) is 44.1 Å². The van der Waals surface area contributed by atoms with E-state index in [2.05, 4.69) is 15.6 Å². The van der Waals surface area contributed by atoms with Gasteiger partial charge in [-0.25, -0.2) is 8.42 Å². The van der Waals surface area contributed by atoms with E-state index in [9.17, 15) is 13.2 Å². The van der Waals surface area contributed by atoms with Gasteiger partial charge in [0, 0.05) is 24.4 Å². The smallest absolute Gasteiger partial charge is 0.277 e. The molecule has 1 N–H and O–H groups in total. The monoisotopic (exact) mass is 442 g/mol. The Bertz CT molecular complexity index is 1130. The molecule has 0 saturated heterocycles. The molecule has 1 amide bonds. The van der Waals surface area contributed by atoms with Crippen LogP contribution < -0.4 is 5.32 Å². The maximum atomic E-state index is 12.6. The summed E-state index contributed by atoms with van der Waals surface area (Å²) >= 11 is 0. The predicted octanol–water partition coefficient (Wildman–Crippen LogP) is 3.81. The topological polar surface area (TPSA) is 107 Å². The highest BCUT2D eigenvalue weighted by atomic mass is 32.2. The Hall–Kier alpha value is -2.94. The van der Waals surface area contributed by atoms with E-state index in [0.717, 1.165) is 24.2 Å². The molecule has 1 aromatic carbocycles. The molecule has 164 valence electrons. The van der Waals surface area contributed by atoms with Gasteiger partial charge in [-0.15, -0.1) is 0 Å². The highest BCUT2D eigenvalue weighted by Crippen LogP contribution is 2.33. The minimum absolute atomic E-state index is 0.0971. The third kappa shape index (κ3) is 5.41. The van der Waals surface area contributed by atoms with Crippen LogP contribution in [0.2, 0.25) is 0 Å². The SMILES string of the molecule is CS(=O)(=O)CC(c1ccccc1)n1cc(NC(=O)c2cc(C3CCCCC3)on2)cn1. The maximum absolute atomic E-state index is 12.6. The van der Waals surface area contributed by atoms with Crippen molar-refractivity contribution in [3.63, 3.8) is 0 Å². The number of carbonyl (C=O) groups excluding carboxylic acids is 1. The molecule has 1 aliphatic carbocycles. The number of rotatable bonds is 7. The van der Waals surface area contributed by atoms with Gasteiger partial charge in [-0.1, -0.05) is 54.8 Å². The third-order valence-corrected chi connectivity index (χ3v) is 6.51. The van der Waals surface area contributed by atoms with E-state index in [1.807, 2.05) is 30.3 Å². The van der Waals surface area contributed by atoms with Crippen molar-refractivity contribution in [2.24, 2.45) is 0 Å². The zero-order valence-electron chi connectivity index (χ0n) is 17.4. The van der Waals surface area contributed by atoms with Crippen LogP contribution in [0.5, 0.6) is 0 Å². The first-order valence-corrected chi connectivity index (χ1v) is 12.5. The summed E-state index contributed by atoms with van der Waals surface area (Å²) in [6.45, 7) is 0. The Labute approximate surface area is 181 Å². The normalized spacial score (nSPS) is 16.2. The van der Waals surface area contributed by atoms with Crippen LogP contribution in [-0.4, -0.2) is 41.3 Å². The first kappa shape index (κ1) is 21.3. The molecule has 0 radical (unpaired) electrons. The maximum Gasteiger partial charge on any atom is 0.277 e. The number of hydrogen-bond acceptors (Lipinski definition) is 6. The second-order valence-electron chi connectivity index (χ2n) is 8.13. The van der Waals surface area contributed by atoms with Gasteiger partial charge in [0.1, 0.15) is 15.6 Å². The Morgan fingerprint density at radius 3 is 2.68 bits per heavy atom. The number of carbonyl (C=O) groups is 1. The summed E-state index contributed by atoms with van der Waals surface area (Å²) in [5.41, 5.74) is 1.51. The van der Waals surface area contributed by atoms with Gasteiger partial charge < -0.3 is 9.84 Å². The standard InChI is InChI=1S/C22H26N4O4S/c1-31(28,29)15-20(16-8-4-2-5-9-16)26-14-18(13-23-26)24-22(27)19-12-21(30-25-19)17-10-6-3-7-11-17/h2,4-5,8-9,12-14,17,20H,3,6-7,10-11,15H2,1H3,(H,24,27). The minimum Gasteiger partial charge on any atom is -0.360 e. The molecule has 1 unspecified atom stereocenters. The molecule has 31 heavy (non-hydrogen) atoms. The fourth-order valence-corrected chi connectivity index (χ4v) is 4.95. The van der Waals surface area contributed by atoms with Crippen molar-refractivity contribution in [1.29, 1.82) is 0 Å². The number of anilines is 1. The summed E-state index contributed by atoms with van der Waals surface area (Å²) in [6.07, 6.45) is 10.0. The zero-order chi connectivity index (χ0) is 21.8. The van der Waals surface area contributed by atoms with E-state index >= 15 is 0 Å². The van der Waals surface area contributed by atoms with Gasteiger partial charge in [-0.3, -0.25) is 9.48 Å². The summed E-state index contributed by atoms with van der Waals surface area (Å²) in [6, 6.07) is 10.5. The van der Waals surface area contributed by atoms with E-state index in [-0.39, 0.29) is 17.4 Å². The Kier molecular flexibility index (Phi) is 6.22. The van der Waals surface area contributed by atoms with E-state index in [1.54, 1.807) is 16.9 Å². The second-order valence-corrected chi connectivity index (χ2v) is 10.3. The lowest BCUT2D eigenvalue weighted by molar-refractivity contribution is 0.101. The average Bonchev–Trinajstić information content (AvgIpc) is 3.43. The number of sulfone groups is 1. The van der Waals surface area contributed by atoms with Crippen LogP contribution in [0.15, 0.2) is 53.3 Å². The van der Waals surface area contributed by atoms with Crippen LogP contribution in [0.3, 0.4) is 0 Å². The van der Waals surface area contributed by atoms with Crippen LogP contribution in [0, 0.1) is 0 Å². The number of benzene rings is 1. The quantitative estimate of drug-likeness (QED) is 0.596. The Balaban J connectivity index is 1.48. The zero-order valence-corrected chi connectivity index (χ0v) is 18.2. The molecule has 1 aliphatic rings. The van der Waals surface area contributed by atoms with E-state index in [4.69, 9.17) is 4.52 Å². The minimum atomic E-state index is -3.26. The Morgan fingerprint density at radius 1 is 1.23 bits per heavy atom. The number of nitrogens with one attached hydrogen (secondary N) is 1. The summed E-state index contributed by atoms with van der Waals surface area (Å²) in [7, 11) is -3.26. The van der Waals surface area contributed by atoms with E-state index in [0.29, 0.717) is 11.6 Å². The molecule has 1 fully saturated rings. The van der Waals surface area contributed by atoms with Gasteiger partial charge in [-0.2, -0.15) is 5.10 Å². The molecule has 8 nitrogen and oxygen atoms in total. The van der Waals surface area contributed by atoms with Gasteiger partial charge in [-0.05, 0) is 18.4 Å². The van der Waals surface area contributed by atoms with Gasteiger partial charge in [0.05, 0.1) is 23.7 Å². The van der Waals surface area contributed by atoms with Crippen molar-refractivity contribution in [1.82, 2.24) is 14.9 Å². The lowest BCUT2D eigenvalue weighted by Gasteiger charge is -2.18. The third-order valence-electron chi connectivity index (χ3n) is 5.59. The van der Waals surface area contributed by atoms with Gasteiger partial charge in [0.2, 0.25) is 0 Å². The molecular formula is C22H26N4O4S. The molecule has 9 heteroatoms. The second kappa shape index (κ2) is 9.05. The molecule has 2 heterocycles. The molecule has 0 spiro atoms. The van der Waals surface area contributed by atoms with Crippen molar-refractivity contribution in [2.75, 3.05) is 17.3 Å². The first-order valence-electron chi connectivity index (χ1n) is 10.4. The highest BCUT2D eigenvalue weighted by Gasteiger charge is 2.23. The van der Waals surface area contributed by atoms with Crippen LogP contribution in [0.1, 0.15) is 65.9 Å². The van der Waals surface area contributed by atoms with Crippen LogP contribution >= 0.6 is 0 Å². The Morgan fingerprint density at radius 2 is 1.97 bits per heavy atom. The lowest BCUT2D eigenvalue weighted by atomic mass is 9.87. The van der Waals surface area contributed by atoms with E-state index < -0.39 is 15.9 Å². The molecule has 2 aromatic heterocycles. The number of amides is 1. The molecule has 4 rings (SSSR count). The summed E-state index contributed by atoms with van der Waals surface area (Å²) in [5, 5.41) is 11.0. The predicted molar refractivity (Wildman–Crippen MR) is 117 cm³/mol. The van der Waals surface area contributed by atoms with E-state index in [1.165, 1.54) is 31.7 Å². The van der Waals surface area contributed by atoms with Gasteiger partial charge in [0.25, 0.3) is 5.91 Å². The fourth-order valence-electron chi connectivity index (χ4n) is 4.03. The molecule has 1 atom stereocenters. The van der Waals surface area contributed by atoms with Crippen molar-refractivity contribution in [3.05, 3.63) is 65.8 Å². The number of nitrogens with zero attached hydrogens (tertiary/aromatic N) is 3. The van der Waals surface area contributed by atoms with Gasteiger partial charge >= 0.3 is 0 Å². The summed E-state index contributed by atoms with van der Waals surface area (Å²) < 4.78 is 30.9. The largest absolute Gasteiger partial charge is 0.360 e. The molecule has 0 bridgehead atoms. The summed E-state index contributed by atoms with van der Waals surface area (Å²) in [4.78, 5) is 12.6. The van der Waals surface area contributed by atoms with Crippen LogP contribution in [-0.2, 0) is 9.84 Å². The van der Waals surface area contributed by atoms with Crippen LogP contribution in [0.4, 0.5) is 5.69 Å². The van der Waals surface area contributed by atoms with Crippen molar-refractivity contribution in [3.8, 4) is 0 Å². The fraction of sp³-hybridized carbons (Fsp3) is 0.409. The molecular weight excluding hydrogens is 416 g/mol. The summed E-state index contributed by atoms with van der Waals surface area (Å²) in [5.74, 6) is 0.607. The molecule has 3 aromatic rings. The van der Waals surface area contributed by atoms with Crippen molar-refractivity contribution >= 4 is 21.4 Å². The average molecular weight is 443 g/mol. The highest BCUT2D eigenvalue weighted by molar-refractivity contribution is 7.90. The van der Waals surface area contributed by atoms with Gasteiger partial charge in [0.15, 0.2) is 5.69 Å².